The van der Waals surface area contributed by atoms with Crippen LogP contribution in [0.25, 0.3) is 0 Å². The summed E-state index contributed by atoms with van der Waals surface area (Å²) >= 11 is 6.11. The van der Waals surface area contributed by atoms with Crippen LogP contribution >= 0.6 is 11.6 Å². The number of carbonyl (C=O) groups is 1. The Labute approximate surface area is 196 Å². The van der Waals surface area contributed by atoms with Crippen molar-refractivity contribution in [2.75, 3.05) is 17.4 Å². The molecule has 0 bridgehead atoms. The van der Waals surface area contributed by atoms with Crippen LogP contribution in [0.3, 0.4) is 0 Å². The van der Waals surface area contributed by atoms with Gasteiger partial charge in [0.15, 0.2) is 0 Å². The van der Waals surface area contributed by atoms with E-state index in [1.807, 2.05) is 0 Å². The van der Waals surface area contributed by atoms with Crippen molar-refractivity contribution in [2.24, 2.45) is 0 Å². The maximum absolute atomic E-state index is 13.3. The number of benzene rings is 2. The molecule has 0 saturated carbocycles. The van der Waals surface area contributed by atoms with E-state index in [1.165, 1.54) is 29.8 Å². The zero-order valence-electron chi connectivity index (χ0n) is 17.7. The second-order valence-electron chi connectivity index (χ2n) is 7.70. The third-order valence-electron chi connectivity index (χ3n) is 5.31. The van der Waals surface area contributed by atoms with Gasteiger partial charge in [-0.05, 0) is 62.4 Å². The van der Waals surface area contributed by atoms with Gasteiger partial charge in [-0.25, -0.2) is 8.42 Å². The van der Waals surface area contributed by atoms with Crippen LogP contribution in [-0.4, -0.2) is 27.4 Å². The lowest BCUT2D eigenvalue weighted by molar-refractivity contribution is -0.137. The molecule has 1 amide bonds. The molecular weight excluding hydrogens is 477 g/mol. The predicted octanol–water partition coefficient (Wildman–Crippen LogP) is 5.56. The minimum Gasteiger partial charge on any atom is -0.354 e. The number of hydrogen-bond donors (Lipinski definition) is 1. The van der Waals surface area contributed by atoms with Crippen LogP contribution in [0, 0.1) is 0 Å². The van der Waals surface area contributed by atoms with Crippen molar-refractivity contribution in [3.05, 3.63) is 70.8 Å². The monoisotopic (exact) mass is 500 g/mol. The highest BCUT2D eigenvalue weighted by Crippen LogP contribution is 2.37. The minimum absolute atomic E-state index is 0.168. The summed E-state index contributed by atoms with van der Waals surface area (Å²) < 4.78 is 67.1. The highest BCUT2D eigenvalue weighted by atomic mass is 35.5. The van der Waals surface area contributed by atoms with Gasteiger partial charge in [0.25, 0.3) is 10.0 Å². The SMILES string of the molecule is O=C(CN(c1cc(C(F)(F)F)ccc1Cl)S(=O)(=O)c1ccccc1)NCCC1=CCCCC1. The first-order chi connectivity index (χ1) is 15.6. The predicted molar refractivity (Wildman–Crippen MR) is 122 cm³/mol. The molecule has 0 radical (unpaired) electrons. The summed E-state index contributed by atoms with van der Waals surface area (Å²) in [6.07, 6.45) is 2.27. The summed E-state index contributed by atoms with van der Waals surface area (Å²) in [5.74, 6) is -0.639. The molecule has 0 aromatic heterocycles. The maximum Gasteiger partial charge on any atom is 0.416 e. The van der Waals surface area contributed by atoms with Gasteiger partial charge in [-0.2, -0.15) is 13.2 Å². The first-order valence-electron chi connectivity index (χ1n) is 10.5. The number of hydrogen-bond acceptors (Lipinski definition) is 3. The van der Waals surface area contributed by atoms with E-state index < -0.39 is 39.9 Å². The topological polar surface area (TPSA) is 66.5 Å². The Hall–Kier alpha value is -2.52. The Kier molecular flexibility index (Phi) is 8.07. The summed E-state index contributed by atoms with van der Waals surface area (Å²) in [4.78, 5) is 12.5. The Bertz CT molecular complexity index is 1120. The Morgan fingerprint density at radius 2 is 1.82 bits per heavy atom. The first-order valence-corrected chi connectivity index (χ1v) is 12.3. The molecule has 0 atom stereocenters. The van der Waals surface area contributed by atoms with Crippen molar-refractivity contribution >= 4 is 33.2 Å². The lowest BCUT2D eigenvalue weighted by Crippen LogP contribution is -2.41. The summed E-state index contributed by atoms with van der Waals surface area (Å²) in [6.45, 7) is -0.405. The molecule has 5 nitrogen and oxygen atoms in total. The van der Waals surface area contributed by atoms with Gasteiger partial charge in [0.1, 0.15) is 6.54 Å². The number of nitrogens with one attached hydrogen (secondary N) is 1. The van der Waals surface area contributed by atoms with E-state index in [0.717, 1.165) is 37.8 Å². The van der Waals surface area contributed by atoms with Crippen molar-refractivity contribution < 1.29 is 26.4 Å². The fraction of sp³-hybridized carbons (Fsp3) is 0.348. The van der Waals surface area contributed by atoms with Crippen molar-refractivity contribution in [3.8, 4) is 0 Å². The molecule has 2 aromatic carbocycles. The zero-order valence-corrected chi connectivity index (χ0v) is 19.3. The average Bonchev–Trinajstić information content (AvgIpc) is 2.78. The van der Waals surface area contributed by atoms with E-state index in [9.17, 15) is 26.4 Å². The lowest BCUT2D eigenvalue weighted by Gasteiger charge is -2.26. The first kappa shape index (κ1) is 25.1. The number of allylic oxidation sites excluding steroid dienone is 1. The van der Waals surface area contributed by atoms with Gasteiger partial charge >= 0.3 is 6.18 Å². The van der Waals surface area contributed by atoms with Crippen LogP contribution in [0.15, 0.2) is 65.1 Å². The summed E-state index contributed by atoms with van der Waals surface area (Å²) in [6, 6.07) is 9.55. The zero-order chi connectivity index (χ0) is 24.1. The number of carbonyl (C=O) groups excluding carboxylic acids is 1. The van der Waals surface area contributed by atoms with Gasteiger partial charge in [-0.1, -0.05) is 41.4 Å². The van der Waals surface area contributed by atoms with E-state index in [1.54, 1.807) is 6.07 Å². The number of sulfonamides is 1. The molecule has 3 rings (SSSR count). The van der Waals surface area contributed by atoms with Gasteiger partial charge in [-0.3, -0.25) is 9.10 Å². The fourth-order valence-corrected chi connectivity index (χ4v) is 5.30. The molecule has 1 N–H and O–H groups in total. The Morgan fingerprint density at radius 3 is 2.45 bits per heavy atom. The molecule has 178 valence electrons. The molecule has 1 aliphatic rings. The van der Waals surface area contributed by atoms with Crippen molar-refractivity contribution in [1.82, 2.24) is 5.32 Å². The quantitative estimate of drug-likeness (QED) is 0.482. The molecule has 0 unspecified atom stereocenters. The molecular formula is C23H24ClF3N2O3S. The van der Waals surface area contributed by atoms with E-state index in [0.29, 0.717) is 23.3 Å². The van der Waals surface area contributed by atoms with Crippen molar-refractivity contribution in [3.63, 3.8) is 0 Å². The lowest BCUT2D eigenvalue weighted by atomic mass is 9.97. The van der Waals surface area contributed by atoms with Crippen LogP contribution in [0.1, 0.15) is 37.7 Å². The fourth-order valence-electron chi connectivity index (χ4n) is 3.58. The Balaban J connectivity index is 1.88. The highest BCUT2D eigenvalue weighted by Gasteiger charge is 2.34. The minimum atomic E-state index is -4.71. The largest absolute Gasteiger partial charge is 0.416 e. The van der Waals surface area contributed by atoms with Gasteiger partial charge in [-0.15, -0.1) is 0 Å². The van der Waals surface area contributed by atoms with E-state index in [2.05, 4.69) is 11.4 Å². The van der Waals surface area contributed by atoms with Gasteiger partial charge in [0, 0.05) is 6.54 Å². The van der Waals surface area contributed by atoms with E-state index in [-0.39, 0.29) is 9.92 Å². The number of nitrogens with zero attached hydrogens (tertiary/aromatic N) is 1. The van der Waals surface area contributed by atoms with Crippen LogP contribution < -0.4 is 9.62 Å². The molecule has 1 aliphatic carbocycles. The van der Waals surface area contributed by atoms with Gasteiger partial charge < -0.3 is 5.32 Å². The number of rotatable bonds is 8. The maximum atomic E-state index is 13.3. The molecule has 0 saturated heterocycles. The summed E-state index contributed by atoms with van der Waals surface area (Å²) in [5.41, 5.74) is -0.253. The number of anilines is 1. The molecule has 0 aliphatic heterocycles. The van der Waals surface area contributed by atoms with Crippen molar-refractivity contribution in [2.45, 2.75) is 43.2 Å². The third kappa shape index (κ3) is 6.51. The highest BCUT2D eigenvalue weighted by molar-refractivity contribution is 7.92. The number of halogens is 4. The molecule has 0 spiro atoms. The number of alkyl halides is 3. The molecule has 0 heterocycles. The van der Waals surface area contributed by atoms with E-state index >= 15 is 0 Å². The van der Waals surface area contributed by atoms with Crippen molar-refractivity contribution in [1.29, 1.82) is 0 Å². The smallest absolute Gasteiger partial charge is 0.354 e. The average molecular weight is 501 g/mol. The molecule has 10 heteroatoms. The van der Waals surface area contributed by atoms with Crippen LogP contribution in [-0.2, 0) is 21.0 Å². The molecule has 33 heavy (non-hydrogen) atoms. The van der Waals surface area contributed by atoms with E-state index in [4.69, 9.17) is 11.6 Å². The standard InChI is InChI=1S/C23H24ClF3N2O3S/c24-20-12-11-18(23(25,26)27)15-21(20)29(33(31,32)19-9-5-2-6-10-19)16-22(30)28-14-13-17-7-3-1-4-8-17/h2,5-7,9-12,15H,1,3-4,8,13-14,16H2,(H,28,30). The van der Waals surface area contributed by atoms with Crippen LogP contribution in [0.2, 0.25) is 5.02 Å². The van der Waals surface area contributed by atoms with Crippen LogP contribution in [0.4, 0.5) is 18.9 Å². The van der Waals surface area contributed by atoms with Gasteiger partial charge in [0.2, 0.25) is 5.91 Å². The number of amides is 1. The Morgan fingerprint density at radius 1 is 1.09 bits per heavy atom. The summed E-state index contributed by atoms with van der Waals surface area (Å²) in [7, 11) is -4.37. The normalized spacial score (nSPS) is 14.5. The third-order valence-corrected chi connectivity index (χ3v) is 7.41. The van der Waals surface area contributed by atoms with Crippen LogP contribution in [0.5, 0.6) is 0 Å². The second-order valence-corrected chi connectivity index (χ2v) is 9.97. The summed E-state index contributed by atoms with van der Waals surface area (Å²) in [5, 5.41) is 2.45. The molecule has 2 aromatic rings. The van der Waals surface area contributed by atoms with Gasteiger partial charge in [0.05, 0.1) is 21.2 Å². The molecule has 0 fully saturated rings. The second kappa shape index (κ2) is 10.6.